The van der Waals surface area contributed by atoms with Crippen molar-refractivity contribution in [3.63, 3.8) is 0 Å². The summed E-state index contributed by atoms with van der Waals surface area (Å²) in [6, 6.07) is 13.9. The number of hydrogen-bond donors (Lipinski definition) is 1. The van der Waals surface area contributed by atoms with Crippen molar-refractivity contribution < 1.29 is 4.79 Å². The van der Waals surface area contributed by atoms with Gasteiger partial charge in [-0.15, -0.1) is 0 Å². The van der Waals surface area contributed by atoms with E-state index in [-0.39, 0.29) is 11.9 Å². The van der Waals surface area contributed by atoms with Crippen molar-refractivity contribution >= 4 is 16.9 Å². The highest BCUT2D eigenvalue weighted by atomic mass is 16.2. The molecule has 2 fully saturated rings. The van der Waals surface area contributed by atoms with Crippen molar-refractivity contribution in [2.24, 2.45) is 17.6 Å². The minimum Gasteiger partial charge on any atom is -0.337 e. The summed E-state index contributed by atoms with van der Waals surface area (Å²) in [5.74, 6) is 0.983. The molecule has 3 atom stereocenters. The molecule has 1 aliphatic carbocycles. The maximum absolute atomic E-state index is 13.1. The van der Waals surface area contributed by atoms with Gasteiger partial charge in [0.2, 0.25) is 0 Å². The van der Waals surface area contributed by atoms with Gasteiger partial charge in [0.1, 0.15) is 5.69 Å². The molecule has 6 nitrogen and oxygen atoms in total. The Balaban J connectivity index is 1.50. The van der Waals surface area contributed by atoms with Crippen molar-refractivity contribution in [2.75, 3.05) is 13.1 Å². The number of benzene rings is 1. The van der Waals surface area contributed by atoms with Crippen LogP contribution in [-0.4, -0.2) is 44.7 Å². The van der Waals surface area contributed by atoms with Gasteiger partial charge in [-0.05, 0) is 55.9 Å². The fraction of sp³-hybridized carbons (Fsp3) is 0.381. The second-order valence-electron chi connectivity index (χ2n) is 7.78. The van der Waals surface area contributed by atoms with Crippen LogP contribution in [0.4, 0.5) is 0 Å². The molecule has 1 amide bonds. The minimum atomic E-state index is -0.00281. The summed E-state index contributed by atoms with van der Waals surface area (Å²) >= 11 is 0. The van der Waals surface area contributed by atoms with E-state index in [2.05, 4.69) is 5.10 Å². The van der Waals surface area contributed by atoms with E-state index >= 15 is 0 Å². The maximum atomic E-state index is 13.1. The standard InChI is InChI=1S/C21H23N5O/c1-13-16-8-10-19(21(27)25-11-14-7-9-18(22)17(14)12-25)23-20(16)26(24-13)15-5-3-2-4-6-15/h2-6,8,10,14,17-18H,7,9,11-12,22H2,1H3. The largest absolute Gasteiger partial charge is 0.337 e. The highest BCUT2D eigenvalue weighted by Crippen LogP contribution is 2.37. The van der Waals surface area contributed by atoms with E-state index < -0.39 is 0 Å². The quantitative estimate of drug-likeness (QED) is 0.761. The predicted molar refractivity (Wildman–Crippen MR) is 104 cm³/mol. The molecule has 1 aromatic carbocycles. The topological polar surface area (TPSA) is 77.0 Å². The van der Waals surface area contributed by atoms with Crippen molar-refractivity contribution in [3.05, 3.63) is 53.9 Å². The van der Waals surface area contributed by atoms with Crippen LogP contribution in [0.25, 0.3) is 16.7 Å². The van der Waals surface area contributed by atoms with Crippen LogP contribution in [-0.2, 0) is 0 Å². The third-order valence-corrected chi connectivity index (χ3v) is 6.13. The van der Waals surface area contributed by atoms with Crippen LogP contribution < -0.4 is 5.73 Å². The molecule has 0 bridgehead atoms. The Morgan fingerprint density at radius 3 is 2.70 bits per heavy atom. The summed E-state index contributed by atoms with van der Waals surface area (Å²) in [5.41, 5.74) is 9.26. The van der Waals surface area contributed by atoms with Crippen molar-refractivity contribution in [1.29, 1.82) is 0 Å². The second kappa shape index (κ2) is 6.16. The van der Waals surface area contributed by atoms with Crippen LogP contribution in [0.15, 0.2) is 42.5 Å². The number of aromatic nitrogens is 3. The molecule has 1 aliphatic heterocycles. The molecule has 2 aliphatic rings. The van der Waals surface area contributed by atoms with Gasteiger partial charge in [0.05, 0.1) is 11.4 Å². The first-order chi connectivity index (χ1) is 13.1. The van der Waals surface area contributed by atoms with E-state index in [1.54, 1.807) is 0 Å². The number of likely N-dealkylation sites (tertiary alicyclic amines) is 1. The Morgan fingerprint density at radius 2 is 1.93 bits per heavy atom. The number of carbonyl (C=O) groups excluding carboxylic acids is 1. The number of amides is 1. The molecule has 3 aromatic rings. The SMILES string of the molecule is Cc1nn(-c2ccccc2)c2nc(C(=O)N3CC4CCC(N)C4C3)ccc12. The smallest absolute Gasteiger partial charge is 0.272 e. The molecular weight excluding hydrogens is 338 g/mol. The number of para-hydroxylation sites is 1. The molecule has 3 unspecified atom stereocenters. The molecule has 0 radical (unpaired) electrons. The summed E-state index contributed by atoms with van der Waals surface area (Å²) in [7, 11) is 0. The van der Waals surface area contributed by atoms with Gasteiger partial charge in [0.25, 0.3) is 5.91 Å². The monoisotopic (exact) mass is 361 g/mol. The van der Waals surface area contributed by atoms with Gasteiger partial charge in [0.15, 0.2) is 5.65 Å². The average molecular weight is 361 g/mol. The summed E-state index contributed by atoms with van der Waals surface area (Å²) in [4.78, 5) is 19.7. The minimum absolute atomic E-state index is 0.00281. The van der Waals surface area contributed by atoms with Crippen LogP contribution in [0.3, 0.4) is 0 Å². The first kappa shape index (κ1) is 16.4. The van der Waals surface area contributed by atoms with E-state index in [0.717, 1.165) is 48.3 Å². The lowest BCUT2D eigenvalue weighted by Crippen LogP contribution is -2.33. The third kappa shape index (κ3) is 2.63. The maximum Gasteiger partial charge on any atom is 0.272 e. The Hall–Kier alpha value is -2.73. The van der Waals surface area contributed by atoms with Gasteiger partial charge < -0.3 is 10.6 Å². The van der Waals surface area contributed by atoms with Crippen molar-refractivity contribution in [3.8, 4) is 5.69 Å². The molecule has 27 heavy (non-hydrogen) atoms. The lowest BCUT2D eigenvalue weighted by molar-refractivity contribution is 0.0774. The van der Waals surface area contributed by atoms with Gasteiger partial charge in [-0.3, -0.25) is 4.79 Å². The summed E-state index contributed by atoms with van der Waals surface area (Å²) in [5, 5.41) is 5.60. The van der Waals surface area contributed by atoms with Gasteiger partial charge >= 0.3 is 0 Å². The zero-order valence-electron chi connectivity index (χ0n) is 15.4. The first-order valence-electron chi connectivity index (χ1n) is 9.58. The zero-order chi connectivity index (χ0) is 18.5. The summed E-state index contributed by atoms with van der Waals surface area (Å²) < 4.78 is 1.82. The number of aryl methyl sites for hydroxylation is 1. The molecule has 1 saturated carbocycles. The van der Waals surface area contributed by atoms with Crippen molar-refractivity contribution in [1.82, 2.24) is 19.7 Å². The van der Waals surface area contributed by atoms with E-state index in [1.807, 2.05) is 59.0 Å². The molecular formula is C21H23N5O. The Labute approximate surface area is 158 Å². The number of carbonyl (C=O) groups is 1. The molecule has 2 N–H and O–H groups in total. The van der Waals surface area contributed by atoms with Gasteiger partial charge in [-0.2, -0.15) is 5.10 Å². The Bertz CT molecular complexity index is 1010. The molecule has 138 valence electrons. The first-order valence-corrected chi connectivity index (χ1v) is 9.58. The van der Waals surface area contributed by atoms with E-state index in [1.165, 1.54) is 0 Å². The highest BCUT2D eigenvalue weighted by Gasteiger charge is 2.42. The van der Waals surface area contributed by atoms with Crippen LogP contribution in [0.2, 0.25) is 0 Å². The number of pyridine rings is 1. The van der Waals surface area contributed by atoms with Gasteiger partial charge in [-0.1, -0.05) is 18.2 Å². The van der Waals surface area contributed by atoms with E-state index in [0.29, 0.717) is 17.5 Å². The molecule has 5 rings (SSSR count). The number of rotatable bonds is 2. The Morgan fingerprint density at radius 1 is 1.11 bits per heavy atom. The number of hydrogen-bond acceptors (Lipinski definition) is 4. The summed E-state index contributed by atoms with van der Waals surface area (Å²) in [6.45, 7) is 3.52. The number of nitrogens with zero attached hydrogens (tertiary/aromatic N) is 4. The normalized spacial score (nSPS) is 24.5. The third-order valence-electron chi connectivity index (χ3n) is 6.13. The van der Waals surface area contributed by atoms with Gasteiger partial charge in [-0.25, -0.2) is 9.67 Å². The van der Waals surface area contributed by atoms with Crippen LogP contribution >= 0.6 is 0 Å². The van der Waals surface area contributed by atoms with Crippen LogP contribution in [0, 0.1) is 18.8 Å². The van der Waals surface area contributed by atoms with E-state index in [4.69, 9.17) is 10.7 Å². The molecule has 6 heteroatoms. The molecule has 1 saturated heterocycles. The molecule has 3 heterocycles. The van der Waals surface area contributed by atoms with Crippen molar-refractivity contribution in [2.45, 2.75) is 25.8 Å². The lowest BCUT2D eigenvalue weighted by atomic mass is 9.98. The average Bonchev–Trinajstić information content (AvgIpc) is 3.36. The predicted octanol–water partition coefficient (Wildman–Crippen LogP) is 2.54. The van der Waals surface area contributed by atoms with Gasteiger partial charge in [0, 0.05) is 24.5 Å². The second-order valence-corrected chi connectivity index (χ2v) is 7.78. The molecule has 0 spiro atoms. The van der Waals surface area contributed by atoms with Crippen LogP contribution in [0.1, 0.15) is 29.0 Å². The van der Waals surface area contributed by atoms with Crippen LogP contribution in [0.5, 0.6) is 0 Å². The molecule has 2 aromatic heterocycles. The van der Waals surface area contributed by atoms with E-state index in [9.17, 15) is 4.79 Å². The fourth-order valence-electron chi connectivity index (χ4n) is 4.65. The summed E-state index contributed by atoms with van der Waals surface area (Å²) in [6.07, 6.45) is 2.21. The highest BCUT2D eigenvalue weighted by molar-refractivity contribution is 5.95. The number of nitrogens with two attached hydrogens (primary N) is 1. The Kier molecular flexibility index (Phi) is 3.75. The number of fused-ring (bicyclic) bond motifs is 2. The fourth-order valence-corrected chi connectivity index (χ4v) is 4.65. The lowest BCUT2D eigenvalue weighted by Gasteiger charge is -2.18. The zero-order valence-corrected chi connectivity index (χ0v) is 15.4.